The summed E-state index contributed by atoms with van der Waals surface area (Å²) in [5.74, 6) is -0.346. The maximum atomic E-state index is 11.5. The fourth-order valence-electron chi connectivity index (χ4n) is 1.14. The van der Waals surface area contributed by atoms with Crippen molar-refractivity contribution in [3.8, 4) is 0 Å². The van der Waals surface area contributed by atoms with Crippen LogP contribution in [0.3, 0.4) is 0 Å². The molecule has 2 N–H and O–H groups in total. The number of nitrogens with two attached hydrogens (primary N) is 1. The SMILES string of the molecule is CCS(=O)(=O)CCCOC(=O)c1sccc1N. The first-order valence-corrected chi connectivity index (χ1v) is 7.87. The molecule has 0 saturated carbocycles. The molecule has 1 aromatic heterocycles. The number of ether oxygens (including phenoxy) is 1. The van der Waals surface area contributed by atoms with Crippen LogP contribution in [0.5, 0.6) is 0 Å². The number of carbonyl (C=O) groups excluding carboxylic acids is 1. The molecule has 0 aliphatic heterocycles. The maximum absolute atomic E-state index is 11.5. The molecule has 96 valence electrons. The van der Waals surface area contributed by atoms with E-state index < -0.39 is 15.8 Å². The standard InChI is InChI=1S/C10H15NO4S2/c1-2-17(13,14)7-3-5-15-10(12)9-8(11)4-6-16-9/h4,6H,2-3,5,7,11H2,1H3. The summed E-state index contributed by atoms with van der Waals surface area (Å²) >= 11 is 1.21. The molecule has 0 aliphatic carbocycles. The van der Waals surface area contributed by atoms with Crippen molar-refractivity contribution >= 4 is 32.8 Å². The fourth-order valence-corrected chi connectivity index (χ4v) is 2.70. The minimum Gasteiger partial charge on any atom is -0.461 e. The molecule has 5 nitrogen and oxygen atoms in total. The zero-order valence-electron chi connectivity index (χ0n) is 9.51. The molecule has 7 heteroatoms. The maximum Gasteiger partial charge on any atom is 0.350 e. The Bertz CT molecular complexity index is 478. The van der Waals surface area contributed by atoms with Crippen molar-refractivity contribution in [2.24, 2.45) is 0 Å². The number of sulfone groups is 1. The van der Waals surface area contributed by atoms with E-state index in [4.69, 9.17) is 10.5 Å². The summed E-state index contributed by atoms with van der Waals surface area (Å²) in [6, 6.07) is 1.63. The average molecular weight is 277 g/mol. The highest BCUT2D eigenvalue weighted by atomic mass is 32.2. The average Bonchev–Trinajstić information content (AvgIpc) is 2.71. The van der Waals surface area contributed by atoms with Gasteiger partial charge >= 0.3 is 5.97 Å². The van der Waals surface area contributed by atoms with Gasteiger partial charge in [0.2, 0.25) is 0 Å². The van der Waals surface area contributed by atoms with E-state index in [1.54, 1.807) is 18.4 Å². The Labute approximate surface area is 105 Å². The van der Waals surface area contributed by atoms with Gasteiger partial charge in [0, 0.05) is 5.75 Å². The minimum atomic E-state index is -2.99. The van der Waals surface area contributed by atoms with Gasteiger partial charge in [0.25, 0.3) is 0 Å². The second kappa shape index (κ2) is 6.02. The summed E-state index contributed by atoms with van der Waals surface area (Å²) in [5.41, 5.74) is 5.94. The lowest BCUT2D eigenvalue weighted by molar-refractivity contribution is 0.0512. The van der Waals surface area contributed by atoms with Crippen LogP contribution in [0.25, 0.3) is 0 Å². The number of hydrogen-bond acceptors (Lipinski definition) is 6. The molecule has 0 aliphatic rings. The summed E-state index contributed by atoms with van der Waals surface area (Å²) in [6.45, 7) is 1.68. The largest absolute Gasteiger partial charge is 0.461 e. The smallest absolute Gasteiger partial charge is 0.350 e. The highest BCUT2D eigenvalue weighted by Gasteiger charge is 2.13. The van der Waals surface area contributed by atoms with E-state index in [-0.39, 0.29) is 18.1 Å². The molecule has 0 bridgehead atoms. The van der Waals surface area contributed by atoms with Crippen molar-refractivity contribution in [1.82, 2.24) is 0 Å². The number of rotatable bonds is 6. The van der Waals surface area contributed by atoms with Crippen molar-refractivity contribution in [2.45, 2.75) is 13.3 Å². The first kappa shape index (κ1) is 14.0. The van der Waals surface area contributed by atoms with Crippen LogP contribution in [-0.4, -0.2) is 32.5 Å². The summed E-state index contributed by atoms with van der Waals surface area (Å²) < 4.78 is 27.3. The number of nitrogen functional groups attached to an aromatic ring is 1. The van der Waals surface area contributed by atoms with Crippen LogP contribution in [0, 0.1) is 0 Å². The first-order valence-electron chi connectivity index (χ1n) is 5.17. The van der Waals surface area contributed by atoms with Crippen molar-refractivity contribution in [1.29, 1.82) is 0 Å². The van der Waals surface area contributed by atoms with Gasteiger partial charge in [-0.15, -0.1) is 11.3 Å². The molecule has 1 heterocycles. The van der Waals surface area contributed by atoms with Gasteiger partial charge in [0.1, 0.15) is 14.7 Å². The predicted molar refractivity (Wildman–Crippen MR) is 68.0 cm³/mol. The van der Waals surface area contributed by atoms with E-state index in [0.717, 1.165) is 0 Å². The number of hydrogen-bond donors (Lipinski definition) is 1. The summed E-state index contributed by atoms with van der Waals surface area (Å²) in [7, 11) is -2.99. The lowest BCUT2D eigenvalue weighted by Crippen LogP contribution is -2.13. The third-order valence-electron chi connectivity index (χ3n) is 2.15. The molecule has 0 amide bonds. The van der Waals surface area contributed by atoms with Crippen LogP contribution in [0.4, 0.5) is 5.69 Å². The molecule has 0 aromatic carbocycles. The Morgan fingerprint density at radius 2 is 2.24 bits per heavy atom. The number of esters is 1. The predicted octanol–water partition coefficient (Wildman–Crippen LogP) is 1.31. The first-order chi connectivity index (χ1) is 7.96. The second-order valence-electron chi connectivity index (χ2n) is 3.43. The van der Waals surface area contributed by atoms with Crippen LogP contribution in [0.1, 0.15) is 23.0 Å². The molecule has 1 aromatic rings. The molecule has 0 unspecified atom stereocenters. The van der Waals surface area contributed by atoms with E-state index in [9.17, 15) is 13.2 Å². The van der Waals surface area contributed by atoms with Gasteiger partial charge < -0.3 is 10.5 Å². The van der Waals surface area contributed by atoms with Crippen LogP contribution in [0.15, 0.2) is 11.4 Å². The lowest BCUT2D eigenvalue weighted by Gasteiger charge is -2.04. The molecule has 0 saturated heterocycles. The Hall–Kier alpha value is -1.08. The van der Waals surface area contributed by atoms with Gasteiger partial charge in [-0.2, -0.15) is 0 Å². The Kier molecular flexibility index (Phi) is 4.95. The van der Waals surface area contributed by atoms with Gasteiger partial charge in [-0.25, -0.2) is 13.2 Å². The quantitative estimate of drug-likeness (QED) is 0.626. The second-order valence-corrected chi connectivity index (χ2v) is 6.82. The zero-order chi connectivity index (χ0) is 12.9. The van der Waals surface area contributed by atoms with Crippen molar-refractivity contribution in [3.63, 3.8) is 0 Å². The Morgan fingerprint density at radius 3 is 2.76 bits per heavy atom. The number of anilines is 1. The van der Waals surface area contributed by atoms with E-state index >= 15 is 0 Å². The monoisotopic (exact) mass is 277 g/mol. The van der Waals surface area contributed by atoms with Crippen LogP contribution < -0.4 is 5.73 Å². The Morgan fingerprint density at radius 1 is 1.53 bits per heavy atom. The van der Waals surface area contributed by atoms with Crippen molar-refractivity contribution < 1.29 is 17.9 Å². The van der Waals surface area contributed by atoms with Crippen molar-refractivity contribution in [3.05, 3.63) is 16.3 Å². The lowest BCUT2D eigenvalue weighted by atomic mass is 10.4. The van der Waals surface area contributed by atoms with Crippen LogP contribution in [-0.2, 0) is 14.6 Å². The highest BCUT2D eigenvalue weighted by Crippen LogP contribution is 2.19. The molecule has 1 rings (SSSR count). The normalized spacial score (nSPS) is 11.4. The summed E-state index contributed by atoms with van der Waals surface area (Å²) in [6.07, 6.45) is 0.313. The highest BCUT2D eigenvalue weighted by molar-refractivity contribution is 7.91. The Balaban J connectivity index is 2.33. The van der Waals surface area contributed by atoms with Gasteiger partial charge in [-0.05, 0) is 17.9 Å². The van der Waals surface area contributed by atoms with Gasteiger partial charge in [0.05, 0.1) is 18.0 Å². The zero-order valence-corrected chi connectivity index (χ0v) is 11.1. The molecule has 17 heavy (non-hydrogen) atoms. The minimum absolute atomic E-state index is 0.0384. The third-order valence-corrected chi connectivity index (χ3v) is 4.85. The summed E-state index contributed by atoms with van der Waals surface area (Å²) in [5, 5.41) is 1.70. The molecule has 0 radical (unpaired) electrons. The number of thiophene rings is 1. The van der Waals surface area contributed by atoms with E-state index in [0.29, 0.717) is 17.0 Å². The molecule has 0 spiro atoms. The molecular weight excluding hydrogens is 262 g/mol. The third kappa shape index (κ3) is 4.35. The summed E-state index contributed by atoms with van der Waals surface area (Å²) in [4.78, 5) is 11.8. The van der Waals surface area contributed by atoms with Gasteiger partial charge in [-0.1, -0.05) is 6.92 Å². The van der Waals surface area contributed by atoms with Crippen LogP contribution in [0.2, 0.25) is 0 Å². The van der Waals surface area contributed by atoms with Gasteiger partial charge in [-0.3, -0.25) is 0 Å². The van der Waals surface area contributed by atoms with E-state index in [2.05, 4.69) is 0 Å². The molecule has 0 atom stereocenters. The number of carbonyl (C=O) groups is 1. The van der Waals surface area contributed by atoms with Gasteiger partial charge in [0.15, 0.2) is 0 Å². The van der Waals surface area contributed by atoms with E-state index in [1.165, 1.54) is 11.3 Å². The van der Waals surface area contributed by atoms with Crippen LogP contribution >= 0.6 is 11.3 Å². The molecular formula is C10H15NO4S2. The fraction of sp³-hybridized carbons (Fsp3) is 0.500. The molecule has 0 fully saturated rings. The topological polar surface area (TPSA) is 86.5 Å². The van der Waals surface area contributed by atoms with E-state index in [1.807, 2.05) is 0 Å². The van der Waals surface area contributed by atoms with Crippen molar-refractivity contribution in [2.75, 3.05) is 23.8 Å².